The Kier molecular flexibility index (Phi) is 6.49. The number of fused-ring (bicyclic) bond motifs is 1. The number of hydrogen-bond acceptors (Lipinski definition) is 12. The van der Waals surface area contributed by atoms with Gasteiger partial charge in [0.2, 0.25) is 5.91 Å². The Labute approximate surface area is 187 Å². The number of nitrogens with zero attached hydrogens (tertiary/aromatic N) is 7. The molecule has 2 atom stereocenters. The Morgan fingerprint density at radius 2 is 2.19 bits per heavy atom. The number of β-lactam (4-membered cyclic amide) rings is 1. The molecule has 1 unspecified atom stereocenters. The SMILES string of the molecule is O=C(Cn1cnnn1)NC1C(=O)N2C(C(=O)O)=C(CSc3nnc(CCO)s3)CS[C@H]12. The summed E-state index contributed by atoms with van der Waals surface area (Å²) in [7, 11) is 0. The van der Waals surface area contributed by atoms with Crippen LogP contribution in [0, 0.1) is 0 Å². The normalized spacial score (nSPS) is 20.4. The molecule has 13 nitrogen and oxygen atoms in total. The summed E-state index contributed by atoms with van der Waals surface area (Å²) < 4.78 is 1.89. The van der Waals surface area contributed by atoms with Gasteiger partial charge in [-0.15, -0.1) is 27.1 Å². The first-order chi connectivity index (χ1) is 15.0. The van der Waals surface area contributed by atoms with Crippen LogP contribution in [0.15, 0.2) is 21.9 Å². The number of tetrazole rings is 1. The van der Waals surface area contributed by atoms with Crippen LogP contribution in [-0.2, 0) is 27.3 Å². The average molecular weight is 485 g/mol. The zero-order valence-corrected chi connectivity index (χ0v) is 18.2. The number of aliphatic hydroxyl groups is 1. The second-order valence-electron chi connectivity index (χ2n) is 6.44. The quantitative estimate of drug-likeness (QED) is 0.280. The molecule has 3 N–H and O–H groups in total. The molecular formula is C15H16N8O5S3. The largest absolute Gasteiger partial charge is 0.477 e. The summed E-state index contributed by atoms with van der Waals surface area (Å²) in [5, 5.41) is 40.0. The lowest BCUT2D eigenvalue weighted by Crippen LogP contribution is -2.70. The molecule has 2 aliphatic heterocycles. The number of carbonyl (C=O) groups excluding carboxylic acids is 2. The number of amides is 2. The molecule has 0 spiro atoms. The number of carbonyl (C=O) groups is 3. The smallest absolute Gasteiger partial charge is 0.352 e. The first-order valence-corrected chi connectivity index (χ1v) is 11.8. The molecule has 4 heterocycles. The molecular weight excluding hydrogens is 468 g/mol. The van der Waals surface area contributed by atoms with Crippen LogP contribution in [0.2, 0.25) is 0 Å². The van der Waals surface area contributed by atoms with Gasteiger partial charge in [0.15, 0.2) is 4.34 Å². The Morgan fingerprint density at radius 3 is 2.90 bits per heavy atom. The van der Waals surface area contributed by atoms with Gasteiger partial charge in [-0.25, -0.2) is 9.48 Å². The Hall–Kier alpha value is -2.56. The van der Waals surface area contributed by atoms with E-state index in [4.69, 9.17) is 5.11 Å². The lowest BCUT2D eigenvalue weighted by Gasteiger charge is -2.49. The number of hydrogen-bond donors (Lipinski definition) is 3. The van der Waals surface area contributed by atoms with E-state index in [1.54, 1.807) is 0 Å². The third-order valence-electron chi connectivity index (χ3n) is 4.41. The highest BCUT2D eigenvalue weighted by Crippen LogP contribution is 2.41. The topological polar surface area (TPSA) is 176 Å². The monoisotopic (exact) mass is 484 g/mol. The van der Waals surface area contributed by atoms with Crippen LogP contribution in [0.1, 0.15) is 5.01 Å². The van der Waals surface area contributed by atoms with E-state index in [9.17, 15) is 19.5 Å². The molecule has 0 aromatic carbocycles. The highest BCUT2D eigenvalue weighted by molar-refractivity contribution is 8.01. The van der Waals surface area contributed by atoms with E-state index in [0.29, 0.717) is 32.8 Å². The highest BCUT2D eigenvalue weighted by atomic mass is 32.2. The molecule has 4 rings (SSSR count). The van der Waals surface area contributed by atoms with Gasteiger partial charge in [0, 0.05) is 24.5 Å². The van der Waals surface area contributed by atoms with Gasteiger partial charge in [0.25, 0.3) is 5.91 Å². The van der Waals surface area contributed by atoms with Crippen molar-refractivity contribution in [2.45, 2.75) is 28.7 Å². The van der Waals surface area contributed by atoms with E-state index >= 15 is 0 Å². The molecule has 1 fully saturated rings. The molecule has 0 radical (unpaired) electrons. The minimum absolute atomic E-state index is 0.0177. The molecule has 164 valence electrons. The molecule has 0 bridgehead atoms. The van der Waals surface area contributed by atoms with Crippen molar-refractivity contribution in [3.05, 3.63) is 22.6 Å². The van der Waals surface area contributed by atoms with E-state index < -0.39 is 29.2 Å². The summed E-state index contributed by atoms with van der Waals surface area (Å²) in [6.07, 6.45) is 1.70. The fourth-order valence-corrected chi connectivity index (χ4v) is 6.42. The van der Waals surface area contributed by atoms with Crippen molar-refractivity contribution in [2.24, 2.45) is 0 Å². The van der Waals surface area contributed by atoms with Crippen LogP contribution < -0.4 is 5.32 Å². The summed E-state index contributed by atoms with van der Waals surface area (Å²) in [5.74, 6) is -1.35. The van der Waals surface area contributed by atoms with Crippen LogP contribution >= 0.6 is 34.9 Å². The predicted molar refractivity (Wildman–Crippen MR) is 109 cm³/mol. The second-order valence-corrected chi connectivity index (χ2v) is 9.83. The fourth-order valence-electron chi connectivity index (χ4n) is 3.06. The maximum atomic E-state index is 12.6. The molecule has 2 aromatic rings. The van der Waals surface area contributed by atoms with Crippen molar-refractivity contribution in [1.29, 1.82) is 0 Å². The average Bonchev–Trinajstić information content (AvgIpc) is 3.42. The lowest BCUT2D eigenvalue weighted by molar-refractivity contribution is -0.150. The van der Waals surface area contributed by atoms with Crippen LogP contribution in [0.5, 0.6) is 0 Å². The van der Waals surface area contributed by atoms with Gasteiger partial charge in [-0.05, 0) is 16.0 Å². The van der Waals surface area contributed by atoms with E-state index in [1.165, 1.54) is 50.8 Å². The van der Waals surface area contributed by atoms with Crippen LogP contribution in [-0.4, -0.2) is 92.8 Å². The number of aliphatic hydroxyl groups excluding tert-OH is 1. The zero-order valence-electron chi connectivity index (χ0n) is 15.7. The van der Waals surface area contributed by atoms with Crippen LogP contribution in [0.3, 0.4) is 0 Å². The number of nitrogens with one attached hydrogen (secondary N) is 1. The number of aliphatic carboxylic acids is 1. The maximum absolute atomic E-state index is 12.6. The van der Waals surface area contributed by atoms with Gasteiger partial charge in [0.05, 0.1) is 0 Å². The van der Waals surface area contributed by atoms with Crippen molar-refractivity contribution < 1.29 is 24.6 Å². The molecule has 2 amide bonds. The van der Waals surface area contributed by atoms with Gasteiger partial charge >= 0.3 is 5.97 Å². The van der Waals surface area contributed by atoms with E-state index in [0.717, 1.165) is 0 Å². The molecule has 31 heavy (non-hydrogen) atoms. The maximum Gasteiger partial charge on any atom is 0.352 e. The predicted octanol–water partition coefficient (Wildman–Crippen LogP) is -1.41. The van der Waals surface area contributed by atoms with E-state index in [2.05, 4.69) is 31.0 Å². The van der Waals surface area contributed by atoms with E-state index in [1.807, 2.05) is 0 Å². The number of carboxylic acids is 1. The van der Waals surface area contributed by atoms with Crippen LogP contribution in [0.25, 0.3) is 0 Å². The Bertz CT molecular complexity index is 1030. The first kappa shape index (κ1) is 21.7. The highest BCUT2D eigenvalue weighted by Gasteiger charge is 2.54. The third-order valence-corrected chi connectivity index (χ3v) is 7.95. The number of carboxylic acid groups (broad SMARTS) is 1. The van der Waals surface area contributed by atoms with Gasteiger partial charge in [-0.2, -0.15) is 0 Å². The summed E-state index contributed by atoms with van der Waals surface area (Å²) in [6, 6.07) is -0.804. The molecule has 2 aromatic heterocycles. The summed E-state index contributed by atoms with van der Waals surface area (Å²) in [4.78, 5) is 37.9. The van der Waals surface area contributed by atoms with Crippen molar-refractivity contribution in [1.82, 2.24) is 40.6 Å². The number of rotatable bonds is 9. The van der Waals surface area contributed by atoms with Crippen molar-refractivity contribution in [3.63, 3.8) is 0 Å². The van der Waals surface area contributed by atoms with Crippen molar-refractivity contribution in [3.8, 4) is 0 Å². The Balaban J connectivity index is 1.41. The summed E-state index contributed by atoms with van der Waals surface area (Å²) in [6.45, 7) is -0.159. The molecule has 2 aliphatic rings. The molecule has 0 saturated carbocycles. The van der Waals surface area contributed by atoms with Gasteiger partial charge in [-0.1, -0.05) is 23.1 Å². The molecule has 16 heteroatoms. The third kappa shape index (κ3) is 4.56. The summed E-state index contributed by atoms with van der Waals surface area (Å²) in [5.41, 5.74) is 0.553. The number of thioether (sulfide) groups is 2. The molecule has 0 aliphatic carbocycles. The lowest BCUT2D eigenvalue weighted by atomic mass is 10.0. The van der Waals surface area contributed by atoms with Gasteiger partial charge in [-0.3, -0.25) is 14.5 Å². The standard InChI is InChI=1S/C15H16N8O5S3/c24-2-1-9-18-19-15(31-9)30-5-7-4-29-13-10(12(26)23(13)11(7)14(27)28)17-8(25)3-22-6-16-20-21-22/h6,10,13,24H,1-5H2,(H,17,25)(H,27,28)/t10?,13-/m1/s1. The van der Waals surface area contributed by atoms with Gasteiger partial charge in [0.1, 0.15) is 35.0 Å². The minimum Gasteiger partial charge on any atom is -0.477 e. The summed E-state index contributed by atoms with van der Waals surface area (Å²) >= 11 is 4.07. The minimum atomic E-state index is -1.19. The number of aromatic nitrogens is 6. The van der Waals surface area contributed by atoms with Crippen LogP contribution in [0.4, 0.5) is 0 Å². The van der Waals surface area contributed by atoms with Gasteiger partial charge < -0.3 is 15.5 Å². The first-order valence-electron chi connectivity index (χ1n) is 8.94. The second kappa shape index (κ2) is 9.29. The van der Waals surface area contributed by atoms with E-state index in [-0.39, 0.29) is 18.8 Å². The fraction of sp³-hybridized carbons (Fsp3) is 0.467. The molecule has 1 saturated heterocycles. The Morgan fingerprint density at radius 1 is 1.35 bits per heavy atom. The zero-order chi connectivity index (χ0) is 22.0. The van der Waals surface area contributed by atoms with Crippen molar-refractivity contribution >= 4 is 52.6 Å². The van der Waals surface area contributed by atoms with Crippen molar-refractivity contribution in [2.75, 3.05) is 18.1 Å².